The number of carbonyl (C=O) groups is 1. The molecule has 0 unspecified atom stereocenters. The first-order chi connectivity index (χ1) is 19.2. The number of anilines is 1. The Morgan fingerprint density at radius 2 is 1.52 bits per heavy atom. The summed E-state index contributed by atoms with van der Waals surface area (Å²) in [6, 6.07) is 25.2. The van der Waals surface area contributed by atoms with Crippen molar-refractivity contribution in [3.63, 3.8) is 0 Å². The first kappa shape index (κ1) is 28.3. The zero-order valence-corrected chi connectivity index (χ0v) is 24.3. The maximum Gasteiger partial charge on any atom is 0.261 e. The van der Waals surface area contributed by atoms with Crippen molar-refractivity contribution in [3.8, 4) is 11.5 Å². The van der Waals surface area contributed by atoms with Gasteiger partial charge in [-0.15, -0.1) is 0 Å². The molecule has 0 aromatic heterocycles. The molecule has 0 saturated carbocycles. The number of hydrogen-bond acceptors (Lipinski definition) is 4. The average Bonchev–Trinajstić information content (AvgIpc) is 2.95. The SMILES string of the molecule is O=C(c1cc(Cl)ccc1NS(=O)(=O)c1ccc(Oc2ccccc2Cl)cc1)N1CCC(c2cccc(Cl)c2)CC1. The lowest BCUT2D eigenvalue weighted by Gasteiger charge is -2.33. The van der Waals surface area contributed by atoms with Crippen molar-refractivity contribution in [1.82, 2.24) is 4.90 Å². The van der Waals surface area contributed by atoms with Gasteiger partial charge in [0.2, 0.25) is 0 Å². The van der Waals surface area contributed by atoms with E-state index in [-0.39, 0.29) is 22.1 Å². The maximum absolute atomic E-state index is 13.5. The van der Waals surface area contributed by atoms with E-state index in [9.17, 15) is 13.2 Å². The Balaban J connectivity index is 1.30. The molecule has 1 amide bonds. The lowest BCUT2D eigenvalue weighted by atomic mass is 9.89. The second-order valence-corrected chi connectivity index (χ2v) is 12.4. The highest BCUT2D eigenvalue weighted by Crippen LogP contribution is 2.33. The molecule has 0 radical (unpaired) electrons. The Morgan fingerprint density at radius 1 is 0.825 bits per heavy atom. The fraction of sp³-hybridized carbons (Fsp3) is 0.167. The van der Waals surface area contributed by atoms with Crippen LogP contribution in [0, 0.1) is 0 Å². The van der Waals surface area contributed by atoms with Crippen LogP contribution in [0.3, 0.4) is 0 Å². The highest BCUT2D eigenvalue weighted by Gasteiger charge is 2.27. The topological polar surface area (TPSA) is 75.7 Å². The molecule has 10 heteroatoms. The number of para-hydroxylation sites is 1. The van der Waals surface area contributed by atoms with Gasteiger partial charge in [-0.1, -0.05) is 59.1 Å². The molecule has 0 aliphatic carbocycles. The first-order valence-corrected chi connectivity index (χ1v) is 15.2. The number of amides is 1. The minimum atomic E-state index is -4.02. The van der Waals surface area contributed by atoms with Gasteiger partial charge in [0, 0.05) is 23.1 Å². The Bertz CT molecular complexity index is 1640. The summed E-state index contributed by atoms with van der Waals surface area (Å²) in [7, 11) is -4.02. The summed E-state index contributed by atoms with van der Waals surface area (Å²) in [6.45, 7) is 1.06. The minimum absolute atomic E-state index is 0.00898. The standard InChI is InChI=1S/C30H25Cl3N2O4S/c31-22-5-3-4-21(18-22)20-14-16-35(17-15-20)30(36)26-19-23(32)8-13-28(26)34-40(37,38)25-11-9-24(10-12-25)39-29-7-2-1-6-27(29)33/h1-13,18-20,34H,14-17H2. The molecule has 1 aliphatic rings. The van der Waals surface area contributed by atoms with Crippen molar-refractivity contribution in [3.05, 3.63) is 117 Å². The number of nitrogens with zero attached hydrogens (tertiary/aromatic N) is 1. The van der Waals surface area contributed by atoms with Gasteiger partial charge in [-0.05, 0) is 91.1 Å². The summed E-state index contributed by atoms with van der Waals surface area (Å²) in [5.74, 6) is 0.896. The fourth-order valence-electron chi connectivity index (χ4n) is 4.67. The largest absolute Gasteiger partial charge is 0.456 e. The number of hydrogen-bond donors (Lipinski definition) is 1. The highest BCUT2D eigenvalue weighted by atomic mass is 35.5. The number of benzene rings is 4. The van der Waals surface area contributed by atoms with Crippen LogP contribution in [0.2, 0.25) is 15.1 Å². The quantitative estimate of drug-likeness (QED) is 0.227. The molecule has 1 N–H and O–H groups in total. The summed E-state index contributed by atoms with van der Waals surface area (Å²) < 4.78 is 34.8. The second kappa shape index (κ2) is 12.1. The van der Waals surface area contributed by atoms with E-state index in [2.05, 4.69) is 4.72 Å². The molecule has 1 heterocycles. The maximum atomic E-state index is 13.5. The zero-order valence-electron chi connectivity index (χ0n) is 21.2. The molecular weight excluding hydrogens is 591 g/mol. The zero-order chi connectivity index (χ0) is 28.3. The number of sulfonamides is 1. The molecule has 206 valence electrons. The third-order valence-electron chi connectivity index (χ3n) is 6.76. The van der Waals surface area contributed by atoms with E-state index >= 15 is 0 Å². The van der Waals surface area contributed by atoms with Gasteiger partial charge in [-0.3, -0.25) is 9.52 Å². The molecular formula is C30H25Cl3N2O4S. The van der Waals surface area contributed by atoms with Gasteiger partial charge >= 0.3 is 0 Å². The van der Waals surface area contributed by atoms with Crippen LogP contribution in [0.4, 0.5) is 5.69 Å². The number of ether oxygens (including phenoxy) is 1. The minimum Gasteiger partial charge on any atom is -0.456 e. The predicted molar refractivity (Wildman–Crippen MR) is 160 cm³/mol. The molecule has 1 fully saturated rings. The summed E-state index contributed by atoms with van der Waals surface area (Å²) in [4.78, 5) is 15.3. The van der Waals surface area contributed by atoms with Crippen LogP contribution in [-0.2, 0) is 10.0 Å². The van der Waals surface area contributed by atoms with Crippen LogP contribution in [0.15, 0.2) is 95.9 Å². The summed E-state index contributed by atoms with van der Waals surface area (Å²) in [6.07, 6.45) is 1.55. The van der Waals surface area contributed by atoms with Crippen molar-refractivity contribution in [2.45, 2.75) is 23.7 Å². The number of nitrogens with one attached hydrogen (secondary N) is 1. The Morgan fingerprint density at radius 3 is 2.23 bits per heavy atom. The van der Waals surface area contributed by atoms with Crippen molar-refractivity contribution < 1.29 is 17.9 Å². The van der Waals surface area contributed by atoms with Gasteiger partial charge in [0.05, 0.1) is 21.2 Å². The van der Waals surface area contributed by atoms with Crippen LogP contribution in [0.5, 0.6) is 11.5 Å². The molecule has 4 aromatic rings. The molecule has 6 nitrogen and oxygen atoms in total. The van der Waals surface area contributed by atoms with Crippen molar-refractivity contribution in [2.24, 2.45) is 0 Å². The van der Waals surface area contributed by atoms with Gasteiger partial charge in [0.25, 0.3) is 15.9 Å². The summed E-state index contributed by atoms with van der Waals surface area (Å²) >= 11 is 18.5. The molecule has 1 aliphatic heterocycles. The van der Waals surface area contributed by atoms with Crippen molar-refractivity contribution >= 4 is 56.4 Å². The Kier molecular flexibility index (Phi) is 8.57. The molecule has 0 atom stereocenters. The average molecular weight is 616 g/mol. The van der Waals surface area contributed by atoms with Gasteiger partial charge in [-0.25, -0.2) is 8.42 Å². The normalized spacial score (nSPS) is 14.1. The molecule has 1 saturated heterocycles. The van der Waals surface area contributed by atoms with E-state index in [1.807, 2.05) is 24.3 Å². The summed E-state index contributed by atoms with van der Waals surface area (Å²) in [5, 5.41) is 1.46. The van der Waals surface area contributed by atoms with Gasteiger partial charge in [0.15, 0.2) is 0 Å². The van der Waals surface area contributed by atoms with Crippen LogP contribution in [0.1, 0.15) is 34.7 Å². The van der Waals surface area contributed by atoms with E-state index < -0.39 is 10.0 Å². The molecule has 40 heavy (non-hydrogen) atoms. The van der Waals surface area contributed by atoms with Gasteiger partial charge in [-0.2, -0.15) is 0 Å². The smallest absolute Gasteiger partial charge is 0.261 e. The lowest BCUT2D eigenvalue weighted by Crippen LogP contribution is -2.38. The van der Waals surface area contributed by atoms with E-state index in [0.29, 0.717) is 45.6 Å². The number of halogens is 3. The molecule has 5 rings (SSSR count). The molecule has 4 aromatic carbocycles. The van der Waals surface area contributed by atoms with Crippen LogP contribution >= 0.6 is 34.8 Å². The van der Waals surface area contributed by atoms with Crippen molar-refractivity contribution in [1.29, 1.82) is 0 Å². The van der Waals surface area contributed by atoms with Gasteiger partial charge in [0.1, 0.15) is 11.5 Å². The number of likely N-dealkylation sites (tertiary alicyclic amines) is 1. The van der Waals surface area contributed by atoms with Crippen molar-refractivity contribution in [2.75, 3.05) is 17.8 Å². The van der Waals surface area contributed by atoms with Gasteiger partial charge < -0.3 is 9.64 Å². The van der Waals surface area contributed by atoms with E-state index in [1.54, 1.807) is 35.2 Å². The third kappa shape index (κ3) is 6.56. The predicted octanol–water partition coefficient (Wildman–Crippen LogP) is 8.26. The van der Waals surface area contributed by atoms with Crippen LogP contribution < -0.4 is 9.46 Å². The molecule has 0 bridgehead atoms. The van der Waals surface area contributed by atoms with E-state index in [1.165, 1.54) is 36.4 Å². The summed E-state index contributed by atoms with van der Waals surface area (Å²) in [5.41, 5.74) is 1.50. The number of rotatable bonds is 7. The van der Waals surface area contributed by atoms with Crippen LogP contribution in [-0.4, -0.2) is 32.3 Å². The molecule has 0 spiro atoms. The highest BCUT2D eigenvalue weighted by molar-refractivity contribution is 7.92. The number of carbonyl (C=O) groups excluding carboxylic acids is 1. The fourth-order valence-corrected chi connectivity index (χ4v) is 6.30. The Labute approximate surface area is 248 Å². The third-order valence-corrected chi connectivity index (χ3v) is 8.92. The van der Waals surface area contributed by atoms with E-state index in [0.717, 1.165) is 18.4 Å². The van der Waals surface area contributed by atoms with E-state index in [4.69, 9.17) is 39.5 Å². The number of piperidine rings is 1. The Hall–Kier alpha value is -3.23. The lowest BCUT2D eigenvalue weighted by molar-refractivity contribution is 0.0714. The monoisotopic (exact) mass is 614 g/mol. The second-order valence-electron chi connectivity index (χ2n) is 9.42. The van der Waals surface area contributed by atoms with Crippen LogP contribution in [0.25, 0.3) is 0 Å². The first-order valence-electron chi connectivity index (χ1n) is 12.6.